The molecule has 0 atom stereocenters. The summed E-state index contributed by atoms with van der Waals surface area (Å²) in [6.45, 7) is 6.74. The Morgan fingerprint density at radius 3 is 2.55 bits per heavy atom. The molecule has 0 fully saturated rings. The Bertz CT molecular complexity index is 388. The van der Waals surface area contributed by atoms with Gasteiger partial charge >= 0.3 is 0 Å². The monoisotopic (exact) mass is 365 g/mol. The molecule has 0 aliphatic heterocycles. The number of methoxy groups -OCH3 is 1. The molecular weight excluding hydrogens is 342 g/mol. The highest BCUT2D eigenvalue weighted by molar-refractivity contribution is 9.10. The average molecular weight is 367 g/mol. The van der Waals surface area contributed by atoms with Crippen LogP contribution in [-0.4, -0.2) is 20.3 Å². The van der Waals surface area contributed by atoms with Gasteiger partial charge in [-0.25, -0.2) is 0 Å². The summed E-state index contributed by atoms with van der Waals surface area (Å²) >= 11 is 3.53. The van der Waals surface area contributed by atoms with Gasteiger partial charge in [0, 0.05) is 6.54 Å². The van der Waals surface area contributed by atoms with Gasteiger partial charge in [-0.1, -0.05) is 19.8 Å². The van der Waals surface area contributed by atoms with Gasteiger partial charge in [0.1, 0.15) is 0 Å². The first-order valence-corrected chi connectivity index (χ1v) is 7.72. The summed E-state index contributed by atoms with van der Waals surface area (Å²) in [4.78, 5) is 0. The van der Waals surface area contributed by atoms with Gasteiger partial charge in [0.2, 0.25) is 0 Å². The fourth-order valence-corrected chi connectivity index (χ4v) is 2.57. The van der Waals surface area contributed by atoms with E-state index in [0.29, 0.717) is 6.61 Å². The summed E-state index contributed by atoms with van der Waals surface area (Å²) in [5, 5.41) is 3.45. The van der Waals surface area contributed by atoms with Crippen LogP contribution in [0.1, 0.15) is 38.7 Å². The number of hydrogen-bond acceptors (Lipinski definition) is 3. The van der Waals surface area contributed by atoms with Gasteiger partial charge in [-0.15, -0.1) is 12.4 Å². The van der Waals surface area contributed by atoms with Crippen LogP contribution >= 0.6 is 28.3 Å². The molecule has 0 bridgehead atoms. The van der Waals surface area contributed by atoms with Crippen LogP contribution < -0.4 is 14.8 Å². The molecule has 1 rings (SSSR count). The van der Waals surface area contributed by atoms with E-state index >= 15 is 0 Å². The zero-order valence-electron chi connectivity index (χ0n) is 12.5. The first kappa shape index (κ1) is 19.6. The maximum atomic E-state index is 5.61. The quantitative estimate of drug-likeness (QED) is 0.650. The van der Waals surface area contributed by atoms with Crippen molar-refractivity contribution in [1.29, 1.82) is 0 Å². The third kappa shape index (κ3) is 6.33. The van der Waals surface area contributed by atoms with Crippen molar-refractivity contribution in [1.82, 2.24) is 5.32 Å². The van der Waals surface area contributed by atoms with E-state index in [9.17, 15) is 0 Å². The molecule has 1 aromatic carbocycles. The van der Waals surface area contributed by atoms with Crippen molar-refractivity contribution in [3.63, 3.8) is 0 Å². The predicted octanol–water partition coefficient (Wildman–Crippen LogP) is 4.56. The van der Waals surface area contributed by atoms with E-state index in [1.807, 2.05) is 13.0 Å². The first-order chi connectivity index (χ1) is 9.22. The topological polar surface area (TPSA) is 30.5 Å². The van der Waals surface area contributed by atoms with Crippen LogP contribution in [0.2, 0.25) is 0 Å². The molecule has 0 radical (unpaired) electrons. The molecule has 5 heteroatoms. The van der Waals surface area contributed by atoms with Crippen LogP contribution in [-0.2, 0) is 6.54 Å². The molecule has 0 saturated carbocycles. The van der Waals surface area contributed by atoms with Crippen LogP contribution in [0.5, 0.6) is 11.5 Å². The molecule has 0 aliphatic rings. The molecule has 3 nitrogen and oxygen atoms in total. The molecule has 1 aromatic rings. The lowest BCUT2D eigenvalue weighted by molar-refractivity contribution is 0.309. The highest BCUT2D eigenvalue weighted by Gasteiger charge is 2.10. The van der Waals surface area contributed by atoms with E-state index in [0.717, 1.165) is 29.1 Å². The number of nitrogens with one attached hydrogen (secondary N) is 1. The van der Waals surface area contributed by atoms with Crippen LogP contribution in [0, 0.1) is 0 Å². The Morgan fingerprint density at radius 2 is 1.95 bits per heavy atom. The Morgan fingerprint density at radius 1 is 1.20 bits per heavy atom. The molecular formula is C15H25BrClNO2. The molecule has 0 spiro atoms. The molecule has 0 unspecified atom stereocenters. The van der Waals surface area contributed by atoms with Gasteiger partial charge in [0.15, 0.2) is 11.5 Å². The zero-order valence-corrected chi connectivity index (χ0v) is 14.9. The molecule has 0 saturated heterocycles. The second kappa shape index (κ2) is 11.2. The smallest absolute Gasteiger partial charge is 0.174 e. The Balaban J connectivity index is 0.00000361. The number of halogens is 2. The van der Waals surface area contributed by atoms with Crippen molar-refractivity contribution < 1.29 is 9.47 Å². The van der Waals surface area contributed by atoms with Gasteiger partial charge in [-0.05, 0) is 53.5 Å². The standard InChI is InChI=1S/C15H24BrNO2.ClH/c1-4-6-7-8-17-11-12-9-13(16)15(18-3)14(10-12)19-5-2;/h9-10,17H,4-8,11H2,1-3H3;1H. The third-order valence-electron chi connectivity index (χ3n) is 2.86. The van der Waals surface area contributed by atoms with Crippen molar-refractivity contribution >= 4 is 28.3 Å². The summed E-state index contributed by atoms with van der Waals surface area (Å²) in [6, 6.07) is 4.12. The van der Waals surface area contributed by atoms with E-state index in [1.165, 1.54) is 24.8 Å². The van der Waals surface area contributed by atoms with Crippen molar-refractivity contribution in [2.75, 3.05) is 20.3 Å². The highest BCUT2D eigenvalue weighted by atomic mass is 79.9. The fourth-order valence-electron chi connectivity index (χ4n) is 1.92. The minimum atomic E-state index is 0. The van der Waals surface area contributed by atoms with Crippen LogP contribution in [0.4, 0.5) is 0 Å². The van der Waals surface area contributed by atoms with E-state index in [-0.39, 0.29) is 12.4 Å². The van der Waals surface area contributed by atoms with Crippen LogP contribution in [0.15, 0.2) is 16.6 Å². The van der Waals surface area contributed by atoms with E-state index in [1.54, 1.807) is 7.11 Å². The number of unbranched alkanes of at least 4 members (excludes halogenated alkanes) is 2. The second-order valence-electron chi connectivity index (χ2n) is 4.43. The Labute approximate surface area is 137 Å². The largest absolute Gasteiger partial charge is 0.492 e. The van der Waals surface area contributed by atoms with E-state index in [2.05, 4.69) is 34.2 Å². The van der Waals surface area contributed by atoms with Crippen molar-refractivity contribution in [3.8, 4) is 11.5 Å². The summed E-state index contributed by atoms with van der Waals surface area (Å²) in [6.07, 6.45) is 3.76. The van der Waals surface area contributed by atoms with Crippen molar-refractivity contribution in [2.45, 2.75) is 39.7 Å². The van der Waals surface area contributed by atoms with Gasteiger partial charge in [-0.3, -0.25) is 0 Å². The maximum absolute atomic E-state index is 5.61. The predicted molar refractivity (Wildman–Crippen MR) is 90.3 cm³/mol. The number of rotatable bonds is 9. The minimum absolute atomic E-state index is 0. The lowest BCUT2D eigenvalue weighted by Gasteiger charge is -2.13. The molecule has 0 amide bonds. The zero-order chi connectivity index (χ0) is 14.1. The first-order valence-electron chi connectivity index (χ1n) is 6.92. The summed E-state index contributed by atoms with van der Waals surface area (Å²) in [5.41, 5.74) is 1.20. The van der Waals surface area contributed by atoms with Gasteiger partial charge < -0.3 is 14.8 Å². The summed E-state index contributed by atoms with van der Waals surface area (Å²) < 4.78 is 11.9. The Kier molecular flexibility index (Phi) is 11.0. The lowest BCUT2D eigenvalue weighted by Crippen LogP contribution is -2.14. The summed E-state index contributed by atoms with van der Waals surface area (Å²) in [7, 11) is 1.66. The van der Waals surface area contributed by atoms with Gasteiger partial charge in [0.25, 0.3) is 0 Å². The third-order valence-corrected chi connectivity index (χ3v) is 3.45. The highest BCUT2D eigenvalue weighted by Crippen LogP contribution is 2.36. The number of benzene rings is 1. The lowest BCUT2D eigenvalue weighted by atomic mass is 10.2. The molecule has 116 valence electrons. The van der Waals surface area contributed by atoms with Crippen LogP contribution in [0.25, 0.3) is 0 Å². The molecule has 0 heterocycles. The van der Waals surface area contributed by atoms with E-state index in [4.69, 9.17) is 9.47 Å². The maximum Gasteiger partial charge on any atom is 0.174 e. The van der Waals surface area contributed by atoms with Crippen molar-refractivity contribution in [2.24, 2.45) is 0 Å². The number of ether oxygens (including phenoxy) is 2. The normalized spacial score (nSPS) is 10.0. The van der Waals surface area contributed by atoms with Crippen LogP contribution in [0.3, 0.4) is 0 Å². The fraction of sp³-hybridized carbons (Fsp3) is 0.600. The average Bonchev–Trinajstić information content (AvgIpc) is 2.39. The Hall–Kier alpha value is -0.450. The molecule has 20 heavy (non-hydrogen) atoms. The number of hydrogen-bond donors (Lipinski definition) is 1. The SMILES string of the molecule is CCCCCNCc1cc(Br)c(OC)c(OCC)c1.Cl. The van der Waals surface area contributed by atoms with Gasteiger partial charge in [-0.2, -0.15) is 0 Å². The minimum Gasteiger partial charge on any atom is -0.492 e. The molecule has 1 N–H and O–H groups in total. The van der Waals surface area contributed by atoms with E-state index < -0.39 is 0 Å². The molecule has 0 aliphatic carbocycles. The van der Waals surface area contributed by atoms with Gasteiger partial charge in [0.05, 0.1) is 18.2 Å². The summed E-state index contributed by atoms with van der Waals surface area (Å²) in [5.74, 6) is 1.56. The van der Waals surface area contributed by atoms with Crippen molar-refractivity contribution in [3.05, 3.63) is 22.2 Å². The second-order valence-corrected chi connectivity index (χ2v) is 5.28. The molecule has 0 aromatic heterocycles.